The van der Waals surface area contributed by atoms with Gasteiger partial charge in [-0.25, -0.2) is 0 Å². The second-order valence-electron chi connectivity index (χ2n) is 4.49. The summed E-state index contributed by atoms with van der Waals surface area (Å²) in [5.74, 6) is -0.0925. The topological polar surface area (TPSA) is 37.3 Å². The average molecular weight is 198 g/mol. The normalized spacial score (nSPS) is 25.8. The van der Waals surface area contributed by atoms with Gasteiger partial charge in [0.15, 0.2) is 0 Å². The predicted molar refractivity (Wildman–Crippen MR) is 57.2 cm³/mol. The summed E-state index contributed by atoms with van der Waals surface area (Å²) in [5, 5.41) is 8.84. The molecule has 0 amide bonds. The molecule has 2 nitrogen and oxygen atoms in total. The smallest absolute Gasteiger partial charge is 0.306 e. The molecule has 0 heterocycles. The molecule has 1 fully saturated rings. The first kappa shape index (κ1) is 11.5. The molecule has 1 saturated carbocycles. The largest absolute Gasteiger partial charge is 0.481 e. The minimum absolute atomic E-state index is 0.0128. The quantitative estimate of drug-likeness (QED) is 0.636. The van der Waals surface area contributed by atoms with Crippen molar-refractivity contribution in [3.8, 4) is 0 Å². The number of carbonyl (C=O) groups is 1. The van der Waals surface area contributed by atoms with Crippen molar-refractivity contribution in [2.75, 3.05) is 0 Å². The maximum atomic E-state index is 10.7. The van der Waals surface area contributed by atoms with Gasteiger partial charge in [0.2, 0.25) is 0 Å². The highest BCUT2D eigenvalue weighted by Crippen LogP contribution is 2.38. The third kappa shape index (κ3) is 3.32. The molecule has 0 aromatic carbocycles. The van der Waals surface area contributed by atoms with Crippen molar-refractivity contribution < 1.29 is 9.90 Å². The molecule has 0 saturated heterocycles. The van der Waals surface area contributed by atoms with E-state index in [0.29, 0.717) is 5.92 Å². The number of hydrogen-bond donors (Lipinski definition) is 1. The Morgan fingerprint density at radius 2 is 1.93 bits per heavy atom. The number of rotatable bonds is 7. The maximum absolute atomic E-state index is 10.7. The van der Waals surface area contributed by atoms with Gasteiger partial charge in [-0.15, -0.1) is 0 Å². The zero-order valence-corrected chi connectivity index (χ0v) is 9.17. The summed E-state index contributed by atoms with van der Waals surface area (Å²) in [6.45, 7) is 2.21. The molecular weight excluding hydrogens is 176 g/mol. The molecule has 0 radical (unpaired) electrons. The van der Waals surface area contributed by atoms with Crippen molar-refractivity contribution >= 4 is 5.97 Å². The van der Waals surface area contributed by atoms with Crippen LogP contribution in [0.4, 0.5) is 0 Å². The summed E-state index contributed by atoms with van der Waals surface area (Å²) in [6, 6.07) is 0. The molecule has 14 heavy (non-hydrogen) atoms. The van der Waals surface area contributed by atoms with E-state index in [1.54, 1.807) is 0 Å². The van der Waals surface area contributed by atoms with Crippen LogP contribution in [0.3, 0.4) is 0 Å². The number of carboxylic acids is 1. The van der Waals surface area contributed by atoms with Crippen LogP contribution < -0.4 is 0 Å². The number of hydrogen-bond acceptors (Lipinski definition) is 1. The third-order valence-corrected chi connectivity index (χ3v) is 3.41. The van der Waals surface area contributed by atoms with E-state index >= 15 is 0 Å². The first-order valence-corrected chi connectivity index (χ1v) is 5.98. The lowest BCUT2D eigenvalue weighted by molar-refractivity contribution is -0.147. The second-order valence-corrected chi connectivity index (χ2v) is 4.49. The Hall–Kier alpha value is -0.530. The van der Waals surface area contributed by atoms with Gasteiger partial charge in [0.25, 0.3) is 0 Å². The zero-order chi connectivity index (χ0) is 10.4. The first-order valence-electron chi connectivity index (χ1n) is 5.98. The fourth-order valence-electron chi connectivity index (χ4n) is 2.25. The number of aliphatic carboxylic acids is 1. The Kier molecular flexibility index (Phi) is 4.99. The van der Waals surface area contributed by atoms with Crippen LogP contribution in [0.1, 0.15) is 58.3 Å². The van der Waals surface area contributed by atoms with Gasteiger partial charge in [-0.05, 0) is 25.2 Å². The van der Waals surface area contributed by atoms with Gasteiger partial charge in [0, 0.05) is 0 Å². The van der Waals surface area contributed by atoms with Gasteiger partial charge in [-0.3, -0.25) is 4.79 Å². The Bertz CT molecular complexity index is 177. The molecule has 1 rings (SSSR count). The highest BCUT2D eigenvalue weighted by Gasteiger charge is 2.35. The third-order valence-electron chi connectivity index (χ3n) is 3.41. The molecular formula is C12H22O2. The van der Waals surface area contributed by atoms with E-state index in [4.69, 9.17) is 5.11 Å². The maximum Gasteiger partial charge on any atom is 0.306 e. The van der Waals surface area contributed by atoms with E-state index in [-0.39, 0.29) is 5.92 Å². The summed E-state index contributed by atoms with van der Waals surface area (Å²) in [4.78, 5) is 10.7. The van der Waals surface area contributed by atoms with Crippen LogP contribution in [-0.4, -0.2) is 11.1 Å². The Labute approximate surface area is 86.7 Å². The van der Waals surface area contributed by atoms with Crippen molar-refractivity contribution in [2.45, 2.75) is 58.3 Å². The summed E-state index contributed by atoms with van der Waals surface area (Å²) in [7, 11) is 0. The number of unbranched alkanes of at least 4 members (excludes halogenated alkanes) is 4. The van der Waals surface area contributed by atoms with Gasteiger partial charge in [-0.1, -0.05) is 39.0 Å². The molecule has 2 heteroatoms. The lowest BCUT2D eigenvalue weighted by atomic mass is 9.71. The lowest BCUT2D eigenvalue weighted by Crippen LogP contribution is -2.32. The van der Waals surface area contributed by atoms with Crippen molar-refractivity contribution in [1.29, 1.82) is 0 Å². The summed E-state index contributed by atoms with van der Waals surface area (Å²) >= 11 is 0. The predicted octanol–water partition coefficient (Wildman–Crippen LogP) is 3.46. The zero-order valence-electron chi connectivity index (χ0n) is 9.17. The van der Waals surface area contributed by atoms with E-state index < -0.39 is 5.97 Å². The summed E-state index contributed by atoms with van der Waals surface area (Å²) in [5.41, 5.74) is 0. The molecule has 1 aliphatic rings. The van der Waals surface area contributed by atoms with Gasteiger partial charge < -0.3 is 5.11 Å². The van der Waals surface area contributed by atoms with Crippen LogP contribution in [0.25, 0.3) is 0 Å². The van der Waals surface area contributed by atoms with Crippen molar-refractivity contribution in [3.63, 3.8) is 0 Å². The van der Waals surface area contributed by atoms with Crippen LogP contribution in [-0.2, 0) is 4.79 Å². The standard InChI is InChI=1S/C12H22O2/c1-2-3-4-5-6-7-10-8-9-11(10)12(13)14/h10-11H,2-9H2,1H3,(H,13,14). The fraction of sp³-hybridized carbons (Fsp3) is 0.917. The Morgan fingerprint density at radius 3 is 2.43 bits per heavy atom. The van der Waals surface area contributed by atoms with Crippen molar-refractivity contribution in [1.82, 2.24) is 0 Å². The molecule has 0 aliphatic heterocycles. The Balaban J connectivity index is 1.99. The van der Waals surface area contributed by atoms with Crippen LogP contribution in [0.2, 0.25) is 0 Å². The summed E-state index contributed by atoms with van der Waals surface area (Å²) in [6.07, 6.45) is 9.64. The van der Waals surface area contributed by atoms with E-state index in [9.17, 15) is 4.79 Å². The van der Waals surface area contributed by atoms with Gasteiger partial charge in [-0.2, -0.15) is 0 Å². The molecule has 0 bridgehead atoms. The van der Waals surface area contributed by atoms with Gasteiger partial charge in [0.05, 0.1) is 5.92 Å². The molecule has 0 spiro atoms. The Morgan fingerprint density at radius 1 is 1.21 bits per heavy atom. The average Bonchev–Trinajstić information content (AvgIpc) is 2.08. The van der Waals surface area contributed by atoms with E-state index in [1.165, 1.54) is 32.1 Å². The highest BCUT2D eigenvalue weighted by atomic mass is 16.4. The fourth-order valence-corrected chi connectivity index (χ4v) is 2.25. The molecule has 82 valence electrons. The van der Waals surface area contributed by atoms with E-state index in [1.807, 2.05) is 0 Å². The molecule has 0 aromatic rings. The summed E-state index contributed by atoms with van der Waals surface area (Å²) < 4.78 is 0. The molecule has 1 N–H and O–H groups in total. The van der Waals surface area contributed by atoms with E-state index in [2.05, 4.69) is 6.92 Å². The molecule has 1 aliphatic carbocycles. The number of carboxylic acid groups (broad SMARTS) is 1. The lowest BCUT2D eigenvalue weighted by Gasteiger charge is -2.33. The second kappa shape index (κ2) is 6.05. The van der Waals surface area contributed by atoms with Crippen molar-refractivity contribution in [3.05, 3.63) is 0 Å². The van der Waals surface area contributed by atoms with Crippen LogP contribution in [0.15, 0.2) is 0 Å². The van der Waals surface area contributed by atoms with Crippen LogP contribution in [0.5, 0.6) is 0 Å². The minimum atomic E-state index is -0.574. The van der Waals surface area contributed by atoms with E-state index in [0.717, 1.165) is 19.3 Å². The SMILES string of the molecule is CCCCCCCC1CCC1C(=O)O. The molecule has 2 atom stereocenters. The first-order chi connectivity index (χ1) is 6.75. The van der Waals surface area contributed by atoms with Crippen molar-refractivity contribution in [2.24, 2.45) is 11.8 Å². The van der Waals surface area contributed by atoms with Gasteiger partial charge in [0.1, 0.15) is 0 Å². The minimum Gasteiger partial charge on any atom is -0.481 e. The molecule has 0 aromatic heterocycles. The van der Waals surface area contributed by atoms with Crippen LogP contribution in [0, 0.1) is 11.8 Å². The monoisotopic (exact) mass is 198 g/mol. The van der Waals surface area contributed by atoms with Crippen LogP contribution >= 0.6 is 0 Å². The molecule has 2 unspecified atom stereocenters. The highest BCUT2D eigenvalue weighted by molar-refractivity contribution is 5.71. The van der Waals surface area contributed by atoms with Gasteiger partial charge >= 0.3 is 5.97 Å².